The minimum absolute atomic E-state index is 0.0240. The van der Waals surface area contributed by atoms with Crippen molar-refractivity contribution in [3.63, 3.8) is 0 Å². The molecule has 0 fully saturated rings. The number of carbonyl (C=O) groups is 1. The van der Waals surface area contributed by atoms with E-state index in [1.807, 2.05) is 0 Å². The summed E-state index contributed by atoms with van der Waals surface area (Å²) >= 11 is 0. The maximum absolute atomic E-state index is 12.4. The van der Waals surface area contributed by atoms with Gasteiger partial charge in [0, 0.05) is 24.5 Å². The molecule has 1 heterocycles. The van der Waals surface area contributed by atoms with Gasteiger partial charge >= 0.3 is 6.10 Å². The summed E-state index contributed by atoms with van der Waals surface area (Å²) < 4.78 is 1.45. The molecule has 2 aromatic rings. The normalized spacial score (nSPS) is 12.9. The van der Waals surface area contributed by atoms with Crippen LogP contribution < -0.4 is 5.90 Å². The summed E-state index contributed by atoms with van der Waals surface area (Å²) in [7, 11) is 5.04. The lowest BCUT2D eigenvalue weighted by atomic mass is 10.0. The van der Waals surface area contributed by atoms with Gasteiger partial charge in [-0.2, -0.15) is 4.90 Å². The van der Waals surface area contributed by atoms with Gasteiger partial charge in [-0.15, -0.1) is 0 Å². The maximum atomic E-state index is 12.4. The number of aromatic nitrogens is 1. The Balaban J connectivity index is 2.27. The summed E-state index contributed by atoms with van der Waals surface area (Å²) in [5.74, 6) is 1.59. The van der Waals surface area contributed by atoms with Gasteiger partial charge in [-0.05, 0) is 24.5 Å². The molecule has 0 saturated heterocycles. The van der Waals surface area contributed by atoms with Crippen LogP contribution in [-0.2, 0) is 11.3 Å². The first-order valence-electron chi connectivity index (χ1n) is 8.18. The van der Waals surface area contributed by atoms with Crippen LogP contribution in [0.25, 0.3) is 10.9 Å². The first-order valence-corrected chi connectivity index (χ1v) is 8.18. The molecule has 2 radical (unpaired) electrons. The third-order valence-electron chi connectivity index (χ3n) is 4.08. The van der Waals surface area contributed by atoms with Crippen LogP contribution in [0.2, 0.25) is 0 Å². The summed E-state index contributed by atoms with van der Waals surface area (Å²) in [6.07, 6.45) is -1.31. The van der Waals surface area contributed by atoms with Crippen LogP contribution in [0.5, 0.6) is 0 Å². The highest BCUT2D eigenvalue weighted by atomic mass is 16.7. The molecule has 0 amide bonds. The zero-order chi connectivity index (χ0) is 20.2. The molecular weight excluding hydrogens is 357 g/mol. The molecule has 2 rings (SSSR count). The summed E-state index contributed by atoms with van der Waals surface area (Å²) in [6, 6.07) is 7.03. The van der Waals surface area contributed by atoms with E-state index in [-0.39, 0.29) is 30.3 Å². The number of aliphatic hydroxyl groups is 5. The minimum Gasteiger partial charge on any atom is -0.362 e. The summed E-state index contributed by atoms with van der Waals surface area (Å²) in [5, 5.41) is 47.4. The lowest BCUT2D eigenvalue weighted by Gasteiger charge is -2.38. The fourth-order valence-electron chi connectivity index (χ4n) is 2.85. The van der Waals surface area contributed by atoms with Gasteiger partial charge in [-0.3, -0.25) is 9.36 Å². The standard InChI is InChI=1S/C16H22BN3O7/c17-15(22,23)20(16(24,25)26)8-7-11-10-19(14(21)6-3-9-27-18)13-5-2-1-4-12(11)13/h1-2,4-5,10,22-26H,3,6-9,18H2. The molecule has 0 spiro atoms. The molecule has 0 aliphatic rings. The molecule has 7 N–H and O–H groups in total. The first-order chi connectivity index (χ1) is 12.6. The van der Waals surface area contributed by atoms with Gasteiger partial charge in [-0.1, -0.05) is 18.2 Å². The Morgan fingerprint density at radius 2 is 1.89 bits per heavy atom. The van der Waals surface area contributed by atoms with E-state index >= 15 is 0 Å². The van der Waals surface area contributed by atoms with Crippen LogP contribution in [0.4, 0.5) is 0 Å². The van der Waals surface area contributed by atoms with Crippen molar-refractivity contribution in [1.29, 1.82) is 0 Å². The molecule has 1 aromatic heterocycles. The molecule has 27 heavy (non-hydrogen) atoms. The van der Waals surface area contributed by atoms with Gasteiger partial charge in [0.15, 0.2) is 13.7 Å². The van der Waals surface area contributed by atoms with E-state index < -0.39 is 18.5 Å². The van der Waals surface area contributed by atoms with Crippen LogP contribution >= 0.6 is 0 Å². The predicted octanol–water partition coefficient (Wildman–Crippen LogP) is -1.85. The monoisotopic (exact) mass is 379 g/mol. The second-order valence-corrected chi connectivity index (χ2v) is 6.10. The number of hydrogen-bond donors (Lipinski definition) is 6. The lowest BCUT2D eigenvalue weighted by molar-refractivity contribution is -0.442. The Labute approximate surface area is 156 Å². The van der Waals surface area contributed by atoms with Gasteiger partial charge in [0.1, 0.15) is 0 Å². The first kappa shape index (κ1) is 21.5. The Hall–Kier alpha value is -1.83. The van der Waals surface area contributed by atoms with Crippen LogP contribution in [0, 0.1) is 0 Å². The van der Waals surface area contributed by atoms with Crippen molar-refractivity contribution in [2.45, 2.75) is 31.2 Å². The highest BCUT2D eigenvalue weighted by Crippen LogP contribution is 2.24. The third kappa shape index (κ3) is 5.34. The number of para-hydroxylation sites is 1. The van der Waals surface area contributed by atoms with Gasteiger partial charge in [0.05, 0.1) is 12.1 Å². The van der Waals surface area contributed by atoms with Crippen molar-refractivity contribution in [2.24, 2.45) is 5.90 Å². The van der Waals surface area contributed by atoms with Crippen molar-refractivity contribution >= 4 is 24.7 Å². The largest absolute Gasteiger partial charge is 0.362 e. The van der Waals surface area contributed by atoms with E-state index in [2.05, 4.69) is 4.84 Å². The second kappa shape index (κ2) is 8.46. The molecular formula is C16H22BN3O7. The van der Waals surface area contributed by atoms with Gasteiger partial charge in [-0.25, -0.2) is 5.90 Å². The van der Waals surface area contributed by atoms with E-state index in [4.69, 9.17) is 13.7 Å². The number of fused-ring (bicyclic) bond motifs is 1. The van der Waals surface area contributed by atoms with E-state index in [1.54, 1.807) is 30.5 Å². The predicted molar refractivity (Wildman–Crippen MR) is 94.7 cm³/mol. The number of nitrogens with zero attached hydrogens (tertiary/aromatic N) is 2. The Morgan fingerprint density at radius 1 is 1.22 bits per heavy atom. The van der Waals surface area contributed by atoms with Crippen molar-refractivity contribution in [3.8, 4) is 0 Å². The Bertz CT molecular complexity index is 768. The van der Waals surface area contributed by atoms with E-state index in [9.17, 15) is 30.3 Å². The van der Waals surface area contributed by atoms with Crippen molar-refractivity contribution in [1.82, 2.24) is 9.47 Å². The Morgan fingerprint density at radius 3 is 2.48 bits per heavy atom. The highest BCUT2D eigenvalue weighted by molar-refractivity contribution is 6.12. The maximum Gasteiger partial charge on any atom is 0.349 e. The smallest absolute Gasteiger partial charge is 0.349 e. The molecule has 0 bridgehead atoms. The molecule has 0 saturated carbocycles. The van der Waals surface area contributed by atoms with Gasteiger partial charge in [0.2, 0.25) is 5.91 Å². The lowest BCUT2D eigenvalue weighted by Crippen LogP contribution is -2.62. The molecule has 146 valence electrons. The summed E-state index contributed by atoms with van der Waals surface area (Å²) in [5.41, 5.74) is 1.24. The number of benzene rings is 1. The van der Waals surface area contributed by atoms with Crippen LogP contribution in [0.1, 0.15) is 23.2 Å². The van der Waals surface area contributed by atoms with E-state index in [1.165, 1.54) is 4.57 Å². The van der Waals surface area contributed by atoms with Crippen LogP contribution in [0.3, 0.4) is 0 Å². The molecule has 0 aliphatic carbocycles. The van der Waals surface area contributed by atoms with E-state index in [0.717, 1.165) is 0 Å². The number of nitrogens with two attached hydrogens (primary N) is 1. The van der Waals surface area contributed by atoms with Crippen molar-refractivity contribution < 1.29 is 35.2 Å². The number of rotatable bonds is 9. The molecule has 11 heteroatoms. The van der Waals surface area contributed by atoms with Crippen molar-refractivity contribution in [2.75, 3.05) is 13.2 Å². The zero-order valence-electron chi connectivity index (χ0n) is 14.5. The highest BCUT2D eigenvalue weighted by Gasteiger charge is 2.40. The van der Waals surface area contributed by atoms with Crippen molar-refractivity contribution in [3.05, 3.63) is 36.0 Å². The molecule has 0 atom stereocenters. The quantitative estimate of drug-likeness (QED) is 0.127. The Kier molecular flexibility index (Phi) is 6.73. The second-order valence-electron chi connectivity index (χ2n) is 6.10. The van der Waals surface area contributed by atoms with Crippen LogP contribution in [0.15, 0.2) is 30.5 Å². The fourth-order valence-corrected chi connectivity index (χ4v) is 2.85. The molecule has 0 aliphatic heterocycles. The minimum atomic E-state index is -3.55. The average molecular weight is 379 g/mol. The topological polar surface area (TPSA) is 162 Å². The number of carbonyl (C=O) groups excluding carboxylic acids is 1. The van der Waals surface area contributed by atoms with Gasteiger partial charge in [0.25, 0.3) is 0 Å². The SMILES string of the molecule is [B]C(O)(O)N(CCc1cn(C(=O)CCCON)c2ccccc12)C(O)(O)O. The molecule has 0 unspecified atom stereocenters. The van der Waals surface area contributed by atoms with Crippen LogP contribution in [-0.4, -0.2) is 73.8 Å². The number of hydrogen-bond acceptors (Lipinski definition) is 9. The summed E-state index contributed by atoms with van der Waals surface area (Å²) in [4.78, 5) is 17.0. The fraction of sp³-hybridized carbons (Fsp3) is 0.438. The average Bonchev–Trinajstić information content (AvgIpc) is 2.92. The molecule has 1 aromatic carbocycles. The van der Waals surface area contributed by atoms with E-state index in [0.29, 0.717) is 22.9 Å². The zero-order valence-corrected chi connectivity index (χ0v) is 14.5. The molecule has 10 nitrogen and oxygen atoms in total. The summed E-state index contributed by atoms with van der Waals surface area (Å²) in [6.45, 7) is -0.194. The van der Waals surface area contributed by atoms with Gasteiger partial charge < -0.3 is 30.4 Å². The third-order valence-corrected chi connectivity index (χ3v) is 4.08.